The van der Waals surface area contributed by atoms with E-state index in [4.69, 9.17) is 17.0 Å². The first kappa shape index (κ1) is 18.7. The predicted octanol–water partition coefficient (Wildman–Crippen LogP) is 5.75. The quantitative estimate of drug-likeness (QED) is 0.636. The van der Waals surface area contributed by atoms with Crippen LogP contribution in [0.1, 0.15) is 56.2 Å². The minimum atomic E-state index is 0.209. The lowest BCUT2D eigenvalue weighted by Gasteiger charge is -2.21. The topological polar surface area (TPSA) is 33.3 Å². The third-order valence-corrected chi connectivity index (χ3v) is 5.21. The van der Waals surface area contributed by atoms with E-state index in [1.165, 1.54) is 36.8 Å². The van der Waals surface area contributed by atoms with Crippen molar-refractivity contribution in [2.45, 2.75) is 58.1 Å². The van der Waals surface area contributed by atoms with Gasteiger partial charge in [-0.3, -0.25) is 0 Å². The van der Waals surface area contributed by atoms with Crippen LogP contribution in [0.4, 0.5) is 5.69 Å². The van der Waals surface area contributed by atoms with Crippen LogP contribution in [0.3, 0.4) is 0 Å². The highest BCUT2D eigenvalue weighted by atomic mass is 32.1. The molecule has 0 amide bonds. The van der Waals surface area contributed by atoms with Crippen molar-refractivity contribution in [1.29, 1.82) is 0 Å². The molecule has 3 nitrogen and oxygen atoms in total. The van der Waals surface area contributed by atoms with Crippen molar-refractivity contribution in [3.05, 3.63) is 59.7 Å². The summed E-state index contributed by atoms with van der Waals surface area (Å²) in [7, 11) is 0. The first-order chi connectivity index (χ1) is 12.7. The van der Waals surface area contributed by atoms with E-state index < -0.39 is 0 Å². The van der Waals surface area contributed by atoms with Gasteiger partial charge in [0.25, 0.3) is 0 Å². The second-order valence-electron chi connectivity index (χ2n) is 6.96. The third-order valence-electron chi connectivity index (χ3n) is 4.99. The molecule has 4 heteroatoms. The molecule has 0 saturated heterocycles. The van der Waals surface area contributed by atoms with Gasteiger partial charge in [0, 0.05) is 5.69 Å². The standard InChI is InChI=1S/C22H28N2OS/c1-3-21(20-11-7-4-8-16(20)2)24-22(26)23-17-12-14-19(15-13-17)25-18-9-5-6-10-18/h4,7-8,11-15,18,21H,3,5-6,9-10H2,1-2H3,(H2,23,24,26)/t21-/m0/s1. The molecular formula is C22H28N2OS. The van der Waals surface area contributed by atoms with E-state index in [1.54, 1.807) is 0 Å². The summed E-state index contributed by atoms with van der Waals surface area (Å²) in [6, 6.07) is 16.7. The maximum atomic E-state index is 6.01. The lowest BCUT2D eigenvalue weighted by atomic mass is 10.00. The number of ether oxygens (including phenoxy) is 1. The molecule has 0 heterocycles. The lowest BCUT2D eigenvalue weighted by molar-refractivity contribution is 0.210. The maximum absolute atomic E-state index is 6.01. The summed E-state index contributed by atoms with van der Waals surface area (Å²) in [5, 5.41) is 7.36. The van der Waals surface area contributed by atoms with E-state index in [0.717, 1.165) is 17.9 Å². The van der Waals surface area contributed by atoms with Crippen LogP contribution in [0.2, 0.25) is 0 Å². The third kappa shape index (κ3) is 4.98. The maximum Gasteiger partial charge on any atom is 0.171 e. The van der Waals surface area contributed by atoms with Crippen molar-refractivity contribution in [2.75, 3.05) is 5.32 Å². The van der Waals surface area contributed by atoms with Crippen LogP contribution in [-0.2, 0) is 0 Å². The van der Waals surface area contributed by atoms with E-state index in [-0.39, 0.29) is 6.04 Å². The Hall–Kier alpha value is -2.07. The molecule has 0 aromatic heterocycles. The molecule has 1 atom stereocenters. The molecule has 0 unspecified atom stereocenters. The van der Waals surface area contributed by atoms with Crippen molar-refractivity contribution in [3.63, 3.8) is 0 Å². The summed E-state index contributed by atoms with van der Waals surface area (Å²) in [5.74, 6) is 0.938. The SMILES string of the molecule is CC[C@H](NC(=S)Nc1ccc(OC2CCCC2)cc1)c1ccccc1C. The molecule has 0 radical (unpaired) electrons. The van der Waals surface area contributed by atoms with Crippen LogP contribution in [0.25, 0.3) is 0 Å². The van der Waals surface area contributed by atoms with Crippen molar-refractivity contribution in [1.82, 2.24) is 5.32 Å². The van der Waals surface area contributed by atoms with E-state index in [1.807, 2.05) is 24.3 Å². The van der Waals surface area contributed by atoms with E-state index in [2.05, 4.69) is 48.7 Å². The van der Waals surface area contributed by atoms with Crippen LogP contribution in [0.15, 0.2) is 48.5 Å². The van der Waals surface area contributed by atoms with Gasteiger partial charge in [-0.1, -0.05) is 31.2 Å². The van der Waals surface area contributed by atoms with Crippen LogP contribution < -0.4 is 15.4 Å². The average molecular weight is 369 g/mol. The Labute approximate surface area is 162 Å². The van der Waals surface area contributed by atoms with Gasteiger partial charge in [-0.05, 0) is 86.6 Å². The second-order valence-corrected chi connectivity index (χ2v) is 7.37. The lowest BCUT2D eigenvalue weighted by Crippen LogP contribution is -2.32. The zero-order chi connectivity index (χ0) is 18.4. The molecule has 1 aliphatic carbocycles. The molecule has 0 bridgehead atoms. The number of thiocarbonyl (C=S) groups is 1. The van der Waals surface area contributed by atoms with Gasteiger partial charge in [0.15, 0.2) is 5.11 Å². The summed E-state index contributed by atoms with van der Waals surface area (Å²) in [6.07, 6.45) is 6.27. The summed E-state index contributed by atoms with van der Waals surface area (Å²) in [4.78, 5) is 0. The Kier molecular flexibility index (Phi) is 6.51. The number of hydrogen-bond acceptors (Lipinski definition) is 2. The summed E-state index contributed by atoms with van der Waals surface area (Å²) >= 11 is 5.52. The molecule has 3 rings (SSSR count). The molecule has 2 aromatic carbocycles. The second kappa shape index (κ2) is 9.04. The number of benzene rings is 2. The molecule has 2 N–H and O–H groups in total. The van der Waals surface area contributed by atoms with Gasteiger partial charge in [-0.15, -0.1) is 0 Å². The Bertz CT molecular complexity index is 723. The average Bonchev–Trinajstić information content (AvgIpc) is 3.15. The summed E-state index contributed by atoms with van der Waals surface area (Å²) in [5.41, 5.74) is 3.54. The minimum absolute atomic E-state index is 0.209. The fourth-order valence-electron chi connectivity index (χ4n) is 3.52. The molecule has 26 heavy (non-hydrogen) atoms. The number of aryl methyl sites for hydroxylation is 1. The largest absolute Gasteiger partial charge is 0.490 e. The number of nitrogens with one attached hydrogen (secondary N) is 2. The minimum Gasteiger partial charge on any atom is -0.490 e. The predicted molar refractivity (Wildman–Crippen MR) is 113 cm³/mol. The number of rotatable bonds is 6. The van der Waals surface area contributed by atoms with E-state index in [0.29, 0.717) is 11.2 Å². The van der Waals surface area contributed by atoms with Gasteiger partial charge in [-0.25, -0.2) is 0 Å². The van der Waals surface area contributed by atoms with Gasteiger partial charge in [0.2, 0.25) is 0 Å². The van der Waals surface area contributed by atoms with Crippen LogP contribution >= 0.6 is 12.2 Å². The van der Waals surface area contributed by atoms with Gasteiger partial charge in [-0.2, -0.15) is 0 Å². The zero-order valence-corrected chi connectivity index (χ0v) is 16.4. The molecular weight excluding hydrogens is 340 g/mol. The molecule has 0 aliphatic heterocycles. The van der Waals surface area contributed by atoms with Crippen molar-refractivity contribution in [2.24, 2.45) is 0 Å². The van der Waals surface area contributed by atoms with Crippen molar-refractivity contribution < 1.29 is 4.74 Å². The molecule has 1 aliphatic rings. The monoisotopic (exact) mass is 368 g/mol. The summed E-state index contributed by atoms with van der Waals surface area (Å²) in [6.45, 7) is 4.31. The first-order valence-electron chi connectivity index (χ1n) is 9.55. The van der Waals surface area contributed by atoms with Crippen molar-refractivity contribution >= 4 is 23.0 Å². The Morgan fingerprint density at radius 3 is 2.46 bits per heavy atom. The van der Waals surface area contributed by atoms with Gasteiger partial charge in [0.1, 0.15) is 5.75 Å². The van der Waals surface area contributed by atoms with Gasteiger partial charge < -0.3 is 15.4 Å². The van der Waals surface area contributed by atoms with Crippen LogP contribution in [0.5, 0.6) is 5.75 Å². The highest BCUT2D eigenvalue weighted by molar-refractivity contribution is 7.80. The van der Waals surface area contributed by atoms with Crippen LogP contribution in [0, 0.1) is 6.92 Å². The van der Waals surface area contributed by atoms with Crippen LogP contribution in [-0.4, -0.2) is 11.2 Å². The molecule has 0 spiro atoms. The highest BCUT2D eigenvalue weighted by Gasteiger charge is 2.16. The Balaban J connectivity index is 1.56. The molecule has 1 saturated carbocycles. The summed E-state index contributed by atoms with van der Waals surface area (Å²) < 4.78 is 6.01. The van der Waals surface area contributed by atoms with Gasteiger partial charge >= 0.3 is 0 Å². The normalized spacial score (nSPS) is 15.5. The van der Waals surface area contributed by atoms with E-state index in [9.17, 15) is 0 Å². The Morgan fingerprint density at radius 1 is 1.12 bits per heavy atom. The first-order valence-corrected chi connectivity index (χ1v) is 9.96. The molecule has 1 fully saturated rings. The van der Waals surface area contributed by atoms with Crippen molar-refractivity contribution in [3.8, 4) is 5.75 Å². The highest BCUT2D eigenvalue weighted by Crippen LogP contribution is 2.25. The Morgan fingerprint density at radius 2 is 1.81 bits per heavy atom. The number of anilines is 1. The molecule has 2 aromatic rings. The smallest absolute Gasteiger partial charge is 0.171 e. The number of hydrogen-bond donors (Lipinski definition) is 2. The zero-order valence-electron chi connectivity index (χ0n) is 15.6. The fraction of sp³-hybridized carbons (Fsp3) is 0.409. The molecule has 138 valence electrons. The fourth-order valence-corrected chi connectivity index (χ4v) is 3.78. The van der Waals surface area contributed by atoms with Gasteiger partial charge in [0.05, 0.1) is 12.1 Å². The van der Waals surface area contributed by atoms with E-state index >= 15 is 0 Å².